The second-order valence-corrected chi connectivity index (χ2v) is 2.92. The maximum absolute atomic E-state index is 5.67. The third kappa shape index (κ3) is 1.56. The lowest BCUT2D eigenvalue weighted by Gasteiger charge is -2.05. The van der Waals surface area contributed by atoms with E-state index < -0.39 is 0 Å². The molecule has 0 N–H and O–H groups in total. The van der Waals surface area contributed by atoms with Gasteiger partial charge in [0.05, 0.1) is 13.3 Å². The molecule has 2 aromatic rings. The van der Waals surface area contributed by atoms with Gasteiger partial charge in [0.2, 0.25) is 0 Å². The third-order valence-electron chi connectivity index (χ3n) is 1.67. The molecular weight excluding hydrogens is 202 g/mol. The summed E-state index contributed by atoms with van der Waals surface area (Å²) in [5, 5.41) is 4.35. The Hall–Kier alpha value is -1.55. The highest BCUT2D eigenvalue weighted by atomic mass is 35.5. The molecule has 2 aromatic heterocycles. The average molecular weight is 209 g/mol. The molecule has 71 valence electrons. The summed E-state index contributed by atoms with van der Waals surface area (Å²) in [4.78, 5) is 4.12. The van der Waals surface area contributed by atoms with Gasteiger partial charge < -0.3 is 4.74 Å². The summed E-state index contributed by atoms with van der Waals surface area (Å²) in [5.41, 5.74) is 0. The van der Waals surface area contributed by atoms with Crippen LogP contribution in [-0.2, 0) is 0 Å². The van der Waals surface area contributed by atoms with Crippen molar-refractivity contribution in [2.24, 2.45) is 0 Å². The fourth-order valence-electron chi connectivity index (χ4n) is 1.08. The van der Waals surface area contributed by atoms with Gasteiger partial charge in [0.1, 0.15) is 0 Å². The van der Waals surface area contributed by atoms with Crippen LogP contribution < -0.4 is 4.74 Å². The molecule has 2 rings (SSSR count). The van der Waals surface area contributed by atoms with E-state index in [0.717, 1.165) is 0 Å². The van der Waals surface area contributed by atoms with Gasteiger partial charge in [-0.05, 0) is 12.1 Å². The van der Waals surface area contributed by atoms with Crippen LogP contribution in [0.5, 0.6) is 5.75 Å². The third-order valence-corrected chi connectivity index (χ3v) is 1.86. The van der Waals surface area contributed by atoms with E-state index in [1.807, 2.05) is 0 Å². The number of rotatable bonds is 2. The van der Waals surface area contributed by atoms with Gasteiger partial charge in [0, 0.05) is 12.3 Å². The van der Waals surface area contributed by atoms with Crippen molar-refractivity contribution in [3.05, 3.63) is 35.7 Å². The Morgan fingerprint density at radius 1 is 1.57 bits per heavy atom. The van der Waals surface area contributed by atoms with Gasteiger partial charge >= 0.3 is 0 Å². The largest absolute Gasteiger partial charge is 0.493 e. The zero-order chi connectivity index (χ0) is 9.97. The van der Waals surface area contributed by atoms with Crippen molar-refractivity contribution in [3.63, 3.8) is 0 Å². The number of hydrogen-bond acceptors (Lipinski definition) is 3. The van der Waals surface area contributed by atoms with Gasteiger partial charge in [-0.3, -0.25) is 0 Å². The molecule has 1 radical (unpaired) electrons. The van der Waals surface area contributed by atoms with Crippen LogP contribution in [0, 0.1) is 6.20 Å². The first kappa shape index (κ1) is 9.02. The Balaban J connectivity index is 2.50. The first-order chi connectivity index (χ1) is 6.81. The standard InChI is InChI=1S/C9H7ClN3O/c1-14-7-3-2-5-11-9(7)13-6-4-8(10)12-13/h2-5H,1H3. The van der Waals surface area contributed by atoms with E-state index in [9.17, 15) is 0 Å². The molecule has 0 aliphatic rings. The summed E-state index contributed by atoms with van der Waals surface area (Å²) in [6, 6.07) is 5.15. The van der Waals surface area contributed by atoms with Crippen LogP contribution in [0.1, 0.15) is 0 Å². The van der Waals surface area contributed by atoms with Gasteiger partial charge in [0.15, 0.2) is 16.7 Å². The maximum atomic E-state index is 5.67. The molecule has 5 heteroatoms. The van der Waals surface area contributed by atoms with E-state index in [1.54, 1.807) is 31.5 Å². The fraction of sp³-hybridized carbons (Fsp3) is 0.111. The van der Waals surface area contributed by atoms with Crippen LogP contribution in [0.15, 0.2) is 24.4 Å². The maximum Gasteiger partial charge on any atom is 0.196 e. The second kappa shape index (κ2) is 3.67. The molecule has 0 bridgehead atoms. The van der Waals surface area contributed by atoms with Crippen molar-refractivity contribution in [3.8, 4) is 11.6 Å². The topological polar surface area (TPSA) is 39.9 Å². The quantitative estimate of drug-likeness (QED) is 0.755. The lowest BCUT2D eigenvalue weighted by molar-refractivity contribution is 0.409. The van der Waals surface area contributed by atoms with Crippen LogP contribution in [0.4, 0.5) is 0 Å². The van der Waals surface area contributed by atoms with E-state index >= 15 is 0 Å². The minimum absolute atomic E-state index is 0.373. The minimum Gasteiger partial charge on any atom is -0.493 e. The summed E-state index contributed by atoms with van der Waals surface area (Å²) in [6.07, 6.45) is 4.48. The van der Waals surface area contributed by atoms with Crippen molar-refractivity contribution < 1.29 is 4.74 Å². The molecule has 4 nitrogen and oxygen atoms in total. The van der Waals surface area contributed by atoms with Gasteiger partial charge in [-0.2, -0.15) is 5.10 Å². The number of nitrogens with zero attached hydrogens (tertiary/aromatic N) is 3. The van der Waals surface area contributed by atoms with Gasteiger partial charge in [-0.1, -0.05) is 11.6 Å². The Bertz CT molecular complexity index is 441. The molecule has 2 heterocycles. The Labute approximate surface area is 86.1 Å². The molecule has 0 aromatic carbocycles. The zero-order valence-electron chi connectivity index (χ0n) is 7.44. The van der Waals surface area contributed by atoms with Gasteiger partial charge in [0.25, 0.3) is 0 Å². The summed E-state index contributed by atoms with van der Waals surface area (Å²) >= 11 is 5.67. The molecule has 0 atom stereocenters. The first-order valence-electron chi connectivity index (χ1n) is 3.94. The summed E-state index contributed by atoms with van der Waals surface area (Å²) in [7, 11) is 1.58. The lowest BCUT2D eigenvalue weighted by atomic mass is 10.4. The number of hydrogen-bond donors (Lipinski definition) is 0. The van der Waals surface area contributed by atoms with Crippen LogP contribution in [0.25, 0.3) is 5.82 Å². The van der Waals surface area contributed by atoms with E-state index in [1.165, 1.54) is 4.68 Å². The molecular formula is C9H7ClN3O. The predicted octanol–water partition coefficient (Wildman–Crippen LogP) is 1.73. The van der Waals surface area contributed by atoms with Crippen LogP contribution in [-0.4, -0.2) is 21.9 Å². The minimum atomic E-state index is 0.373. The molecule has 0 amide bonds. The summed E-state index contributed by atoms with van der Waals surface area (Å²) in [5.74, 6) is 1.20. The number of pyridine rings is 1. The Morgan fingerprint density at radius 3 is 3.07 bits per heavy atom. The molecule has 0 unspecified atom stereocenters. The summed E-state index contributed by atoms with van der Waals surface area (Å²) in [6.45, 7) is 0. The summed E-state index contributed by atoms with van der Waals surface area (Å²) < 4.78 is 6.57. The van der Waals surface area contributed by atoms with Crippen molar-refractivity contribution >= 4 is 11.6 Å². The normalized spacial score (nSPS) is 10.1. The number of ether oxygens (including phenoxy) is 1. The number of methoxy groups -OCH3 is 1. The van der Waals surface area contributed by atoms with Crippen molar-refractivity contribution in [2.45, 2.75) is 0 Å². The first-order valence-corrected chi connectivity index (χ1v) is 4.31. The smallest absolute Gasteiger partial charge is 0.196 e. The highest BCUT2D eigenvalue weighted by Crippen LogP contribution is 2.18. The predicted molar refractivity (Wildman–Crippen MR) is 51.8 cm³/mol. The van der Waals surface area contributed by atoms with E-state index in [0.29, 0.717) is 16.7 Å². The highest BCUT2D eigenvalue weighted by molar-refractivity contribution is 6.29. The zero-order valence-corrected chi connectivity index (χ0v) is 8.19. The Morgan fingerprint density at radius 2 is 2.43 bits per heavy atom. The Kier molecular flexibility index (Phi) is 2.37. The number of halogens is 1. The SMILES string of the molecule is COc1cccnc1-n1[c]cc(Cl)n1. The molecule has 0 aliphatic heterocycles. The molecule has 0 saturated carbocycles. The van der Waals surface area contributed by atoms with Gasteiger partial charge in [-0.15, -0.1) is 0 Å². The molecule has 14 heavy (non-hydrogen) atoms. The van der Waals surface area contributed by atoms with E-state index in [-0.39, 0.29) is 0 Å². The van der Waals surface area contributed by atoms with Crippen LogP contribution in [0.2, 0.25) is 5.15 Å². The highest BCUT2D eigenvalue weighted by Gasteiger charge is 2.06. The molecule has 0 spiro atoms. The van der Waals surface area contributed by atoms with Crippen LogP contribution in [0.3, 0.4) is 0 Å². The van der Waals surface area contributed by atoms with E-state index in [2.05, 4.69) is 16.3 Å². The molecule has 0 saturated heterocycles. The number of aromatic nitrogens is 3. The fourth-order valence-corrected chi connectivity index (χ4v) is 1.20. The lowest BCUT2D eigenvalue weighted by Crippen LogP contribution is -2.01. The second-order valence-electron chi connectivity index (χ2n) is 2.54. The molecule has 0 fully saturated rings. The van der Waals surface area contributed by atoms with Gasteiger partial charge in [-0.25, -0.2) is 9.67 Å². The van der Waals surface area contributed by atoms with Crippen LogP contribution >= 0.6 is 11.6 Å². The average Bonchev–Trinajstić information content (AvgIpc) is 2.65. The van der Waals surface area contributed by atoms with E-state index in [4.69, 9.17) is 16.3 Å². The van der Waals surface area contributed by atoms with Crippen molar-refractivity contribution in [1.82, 2.24) is 14.8 Å². The molecule has 0 aliphatic carbocycles. The van der Waals surface area contributed by atoms with Crippen molar-refractivity contribution in [2.75, 3.05) is 7.11 Å². The monoisotopic (exact) mass is 208 g/mol. The van der Waals surface area contributed by atoms with Crippen molar-refractivity contribution in [1.29, 1.82) is 0 Å².